The van der Waals surface area contributed by atoms with E-state index in [-0.39, 0.29) is 5.91 Å². The van der Waals surface area contributed by atoms with Crippen molar-refractivity contribution < 1.29 is 19.1 Å². The van der Waals surface area contributed by atoms with Gasteiger partial charge < -0.3 is 9.47 Å². The molecule has 0 radical (unpaired) electrons. The molecular weight excluding hydrogens is 412 g/mol. The molecule has 2 aromatic rings. The zero-order chi connectivity index (χ0) is 21.0. The molecule has 0 N–H and O–H groups in total. The molecule has 0 spiro atoms. The van der Waals surface area contributed by atoms with Crippen LogP contribution in [0, 0.1) is 0 Å². The van der Waals surface area contributed by atoms with Crippen molar-refractivity contribution in [1.82, 2.24) is 4.90 Å². The van der Waals surface area contributed by atoms with Crippen molar-refractivity contribution >= 4 is 52.2 Å². The third-order valence-corrected chi connectivity index (χ3v) is 5.42. The summed E-state index contributed by atoms with van der Waals surface area (Å²) in [6, 6.07) is 12.0. The minimum Gasteiger partial charge on any atom is -0.496 e. The van der Waals surface area contributed by atoms with Crippen LogP contribution in [-0.2, 0) is 9.53 Å². The lowest BCUT2D eigenvalue weighted by Crippen LogP contribution is -2.28. The number of carbonyl (C=O) groups is 2. The van der Waals surface area contributed by atoms with E-state index in [4.69, 9.17) is 21.1 Å². The first kappa shape index (κ1) is 21.0. The molecule has 0 aromatic heterocycles. The Hall–Kier alpha value is -2.77. The first-order valence-corrected chi connectivity index (χ1v) is 9.98. The van der Waals surface area contributed by atoms with Gasteiger partial charge in [-0.15, -0.1) is 0 Å². The predicted octanol–water partition coefficient (Wildman–Crippen LogP) is 4.76. The number of methoxy groups -OCH3 is 2. The van der Waals surface area contributed by atoms with Crippen molar-refractivity contribution in [3.05, 3.63) is 63.5 Å². The summed E-state index contributed by atoms with van der Waals surface area (Å²) in [5, 5.41) is 1.08. The van der Waals surface area contributed by atoms with E-state index in [0.717, 1.165) is 0 Å². The number of amidine groups is 1. The Bertz CT molecular complexity index is 1020. The highest BCUT2D eigenvalue weighted by Gasteiger charge is 2.32. The van der Waals surface area contributed by atoms with Crippen molar-refractivity contribution in [3.63, 3.8) is 0 Å². The molecule has 0 unspecified atom stereocenters. The number of halogens is 1. The molecule has 150 valence electrons. The highest BCUT2D eigenvalue weighted by atomic mass is 35.5. The minimum absolute atomic E-state index is 0.151. The van der Waals surface area contributed by atoms with Gasteiger partial charge in [-0.2, -0.15) is 0 Å². The average molecular weight is 431 g/mol. The summed E-state index contributed by atoms with van der Waals surface area (Å²) >= 11 is 7.35. The molecule has 0 atom stereocenters. The van der Waals surface area contributed by atoms with Crippen LogP contribution in [0.15, 0.2) is 52.4 Å². The zero-order valence-corrected chi connectivity index (χ0v) is 17.7. The molecule has 1 aliphatic rings. The Morgan fingerprint density at radius 1 is 1.24 bits per heavy atom. The molecule has 1 aliphatic heterocycles. The number of hydrogen-bond donors (Lipinski definition) is 0. The van der Waals surface area contributed by atoms with Crippen LogP contribution in [0.3, 0.4) is 0 Å². The molecule has 29 heavy (non-hydrogen) atoms. The summed E-state index contributed by atoms with van der Waals surface area (Å²) in [5.41, 5.74) is 1.66. The zero-order valence-electron chi connectivity index (χ0n) is 16.1. The second kappa shape index (κ2) is 9.15. The second-order valence-electron chi connectivity index (χ2n) is 5.98. The Morgan fingerprint density at radius 3 is 2.72 bits per heavy atom. The molecule has 1 saturated heterocycles. The number of hydrogen-bond acceptors (Lipinski definition) is 6. The van der Waals surface area contributed by atoms with Crippen LogP contribution in [0.2, 0.25) is 5.02 Å². The lowest BCUT2D eigenvalue weighted by Gasteiger charge is -2.12. The highest BCUT2D eigenvalue weighted by Crippen LogP contribution is 2.36. The number of nitrogens with zero attached hydrogens (tertiary/aromatic N) is 2. The molecule has 1 heterocycles. The van der Waals surface area contributed by atoms with Gasteiger partial charge in [-0.1, -0.05) is 17.7 Å². The molecule has 6 nitrogen and oxygen atoms in total. The number of esters is 1. The molecule has 0 saturated carbocycles. The third-order valence-electron chi connectivity index (χ3n) is 4.17. The number of aliphatic imine (C=N–C) groups is 1. The maximum atomic E-state index is 12.9. The number of thioether (sulfide) groups is 1. The Labute approximate surface area is 178 Å². The van der Waals surface area contributed by atoms with E-state index in [1.807, 2.05) is 6.92 Å². The largest absolute Gasteiger partial charge is 0.496 e. The number of amides is 1. The van der Waals surface area contributed by atoms with E-state index in [2.05, 4.69) is 4.99 Å². The van der Waals surface area contributed by atoms with E-state index in [1.54, 1.807) is 60.6 Å². The number of ether oxygens (including phenoxy) is 2. The Kier molecular flexibility index (Phi) is 6.61. The van der Waals surface area contributed by atoms with E-state index in [9.17, 15) is 9.59 Å². The van der Waals surface area contributed by atoms with Crippen molar-refractivity contribution in [2.75, 3.05) is 20.8 Å². The van der Waals surface area contributed by atoms with Gasteiger partial charge >= 0.3 is 5.97 Å². The molecule has 0 aliphatic carbocycles. The van der Waals surface area contributed by atoms with Gasteiger partial charge in [-0.05, 0) is 61.2 Å². The summed E-state index contributed by atoms with van der Waals surface area (Å²) in [6.07, 6.45) is 1.74. The van der Waals surface area contributed by atoms with Gasteiger partial charge in [0.15, 0.2) is 5.17 Å². The average Bonchev–Trinajstić information content (AvgIpc) is 3.01. The first-order valence-electron chi connectivity index (χ1n) is 8.78. The van der Waals surface area contributed by atoms with Gasteiger partial charge in [0.05, 0.1) is 30.4 Å². The summed E-state index contributed by atoms with van der Waals surface area (Å²) < 4.78 is 10.1. The third kappa shape index (κ3) is 4.63. The summed E-state index contributed by atoms with van der Waals surface area (Å²) in [4.78, 5) is 31.3. The molecular formula is C21H19ClN2O4S. The highest BCUT2D eigenvalue weighted by molar-refractivity contribution is 8.18. The van der Waals surface area contributed by atoms with Crippen molar-refractivity contribution in [2.45, 2.75) is 6.92 Å². The van der Waals surface area contributed by atoms with Gasteiger partial charge in [-0.25, -0.2) is 9.79 Å². The minimum atomic E-state index is -0.441. The number of benzene rings is 2. The monoisotopic (exact) mass is 430 g/mol. The topological polar surface area (TPSA) is 68.2 Å². The SMILES string of the molecule is CCN1C(=O)C(=Cc2cc(Cl)ccc2OC)SC1=Nc1cccc(C(=O)OC)c1. The lowest BCUT2D eigenvalue weighted by atomic mass is 10.2. The van der Waals surface area contributed by atoms with Crippen molar-refractivity contribution in [2.24, 2.45) is 4.99 Å². The molecule has 8 heteroatoms. The number of likely N-dealkylation sites (N-methyl/N-ethyl adjacent to an activating group) is 1. The van der Waals surface area contributed by atoms with Gasteiger partial charge in [0.1, 0.15) is 5.75 Å². The fourth-order valence-electron chi connectivity index (χ4n) is 2.76. The van der Waals surface area contributed by atoms with Crippen LogP contribution in [0.4, 0.5) is 5.69 Å². The number of rotatable bonds is 5. The van der Waals surface area contributed by atoms with Gasteiger partial charge in [0.25, 0.3) is 5.91 Å². The quantitative estimate of drug-likeness (QED) is 0.505. The standard InChI is InChI=1S/C21H19ClN2O4S/c1-4-24-19(25)18(12-14-10-15(22)8-9-17(14)27-2)29-21(24)23-16-7-5-6-13(11-16)20(26)28-3/h5-12H,4H2,1-3H3. The van der Waals surface area contributed by atoms with Crippen molar-refractivity contribution in [3.8, 4) is 5.75 Å². The molecule has 2 aromatic carbocycles. The van der Waals surface area contributed by atoms with E-state index >= 15 is 0 Å². The normalized spacial score (nSPS) is 16.6. The Morgan fingerprint density at radius 2 is 2.03 bits per heavy atom. The van der Waals surface area contributed by atoms with Crippen LogP contribution >= 0.6 is 23.4 Å². The van der Waals surface area contributed by atoms with Gasteiger partial charge in [0, 0.05) is 17.1 Å². The maximum Gasteiger partial charge on any atom is 0.337 e. The van der Waals surface area contributed by atoms with Crippen LogP contribution < -0.4 is 4.74 Å². The van der Waals surface area contributed by atoms with Gasteiger partial charge in [-0.3, -0.25) is 9.69 Å². The Balaban J connectivity index is 1.97. The summed E-state index contributed by atoms with van der Waals surface area (Å²) in [6.45, 7) is 2.34. The predicted molar refractivity (Wildman–Crippen MR) is 116 cm³/mol. The van der Waals surface area contributed by atoms with Crippen molar-refractivity contribution in [1.29, 1.82) is 0 Å². The van der Waals surface area contributed by atoms with Crippen LogP contribution in [-0.4, -0.2) is 42.7 Å². The van der Waals surface area contributed by atoms with Crippen LogP contribution in [0.25, 0.3) is 6.08 Å². The van der Waals surface area contributed by atoms with E-state index < -0.39 is 5.97 Å². The van der Waals surface area contributed by atoms with Gasteiger partial charge in [0.2, 0.25) is 0 Å². The fraction of sp³-hybridized carbons (Fsp3) is 0.190. The van der Waals surface area contributed by atoms with E-state index in [0.29, 0.717) is 44.2 Å². The fourth-order valence-corrected chi connectivity index (χ4v) is 3.99. The molecule has 0 bridgehead atoms. The summed E-state index contributed by atoms with van der Waals surface area (Å²) in [5.74, 6) is 0.0279. The van der Waals surface area contributed by atoms with E-state index in [1.165, 1.54) is 18.9 Å². The molecule has 3 rings (SSSR count). The molecule has 1 fully saturated rings. The maximum absolute atomic E-state index is 12.9. The molecule has 1 amide bonds. The first-order chi connectivity index (χ1) is 14.0. The van der Waals surface area contributed by atoms with Crippen LogP contribution in [0.5, 0.6) is 5.75 Å². The number of carbonyl (C=O) groups excluding carboxylic acids is 2. The summed E-state index contributed by atoms with van der Waals surface area (Å²) in [7, 11) is 2.89. The lowest BCUT2D eigenvalue weighted by molar-refractivity contribution is -0.122. The second-order valence-corrected chi connectivity index (χ2v) is 7.43. The smallest absolute Gasteiger partial charge is 0.337 e. The van der Waals surface area contributed by atoms with Crippen LogP contribution in [0.1, 0.15) is 22.8 Å².